The van der Waals surface area contributed by atoms with E-state index in [2.05, 4.69) is 46.9 Å². The molecule has 2 aliphatic rings. The van der Waals surface area contributed by atoms with Crippen LogP contribution in [0.3, 0.4) is 0 Å². The summed E-state index contributed by atoms with van der Waals surface area (Å²) in [5, 5.41) is 0. The number of carbonyl (C=O) groups is 1. The number of aryl methyl sites for hydroxylation is 1. The van der Waals surface area contributed by atoms with Crippen molar-refractivity contribution in [2.75, 3.05) is 4.90 Å². The summed E-state index contributed by atoms with van der Waals surface area (Å²) >= 11 is 0. The van der Waals surface area contributed by atoms with Crippen molar-refractivity contribution in [3.8, 4) is 0 Å². The average Bonchev–Trinajstić information content (AvgIpc) is 2.59. The van der Waals surface area contributed by atoms with Crippen molar-refractivity contribution in [1.82, 2.24) is 10.9 Å². The number of hydrogen-bond acceptors (Lipinski definition) is 4. The molecule has 0 unspecified atom stereocenters. The molecular weight excluding hydrogens is 326 g/mol. The Balaban J connectivity index is 1.52. The highest BCUT2D eigenvalue weighted by molar-refractivity contribution is 5.67. The van der Waals surface area contributed by atoms with Crippen LogP contribution < -0.4 is 15.8 Å². The van der Waals surface area contributed by atoms with Crippen LogP contribution >= 0.6 is 0 Å². The minimum Gasteiger partial charge on any atom is -0.443 e. The smallest absolute Gasteiger partial charge is 0.422 e. The third kappa shape index (κ3) is 4.70. The summed E-state index contributed by atoms with van der Waals surface area (Å²) in [6.07, 6.45) is 6.43. The van der Waals surface area contributed by atoms with Gasteiger partial charge in [0.15, 0.2) is 0 Å². The number of amides is 1. The van der Waals surface area contributed by atoms with Gasteiger partial charge in [-0.15, -0.1) is 0 Å². The summed E-state index contributed by atoms with van der Waals surface area (Å²) in [7, 11) is 0. The standard InChI is InChI=1S/C21H33N3O2/c1-15-9-10-16-7-5-6-8-19(16)24(15)18-13-11-17(12-14-18)22-23-20(25)26-21(2,3)4/h5-8,15,17-18,22H,9-14H2,1-4H3,(H,23,25)/t15-,17?,18?/m0/s1. The lowest BCUT2D eigenvalue weighted by Gasteiger charge is -2.45. The summed E-state index contributed by atoms with van der Waals surface area (Å²) in [5.74, 6) is 0. The molecule has 0 radical (unpaired) electrons. The molecule has 2 N–H and O–H groups in total. The van der Waals surface area contributed by atoms with E-state index in [0.717, 1.165) is 25.7 Å². The molecule has 26 heavy (non-hydrogen) atoms. The highest BCUT2D eigenvalue weighted by Gasteiger charge is 2.32. The van der Waals surface area contributed by atoms with Gasteiger partial charge in [-0.3, -0.25) is 5.43 Å². The lowest BCUT2D eigenvalue weighted by Crippen LogP contribution is -2.51. The molecule has 1 aliphatic heterocycles. The number of hydrazine groups is 1. The molecule has 144 valence electrons. The molecule has 0 bridgehead atoms. The molecule has 1 aromatic rings. The van der Waals surface area contributed by atoms with E-state index in [1.54, 1.807) is 0 Å². The number of hydrogen-bond donors (Lipinski definition) is 2. The van der Waals surface area contributed by atoms with E-state index in [4.69, 9.17) is 4.74 Å². The minimum absolute atomic E-state index is 0.314. The first-order chi connectivity index (χ1) is 12.3. The normalized spacial score (nSPS) is 26.2. The van der Waals surface area contributed by atoms with Crippen molar-refractivity contribution in [1.29, 1.82) is 0 Å². The third-order valence-corrected chi connectivity index (χ3v) is 5.44. The van der Waals surface area contributed by atoms with Gasteiger partial charge in [-0.05, 0) is 77.8 Å². The third-order valence-electron chi connectivity index (χ3n) is 5.44. The monoisotopic (exact) mass is 359 g/mol. The predicted molar refractivity (Wildman–Crippen MR) is 105 cm³/mol. The number of nitrogens with zero attached hydrogens (tertiary/aromatic N) is 1. The van der Waals surface area contributed by atoms with E-state index in [1.165, 1.54) is 24.1 Å². The summed E-state index contributed by atoms with van der Waals surface area (Å²) in [5.41, 5.74) is 8.30. The van der Waals surface area contributed by atoms with E-state index in [-0.39, 0.29) is 0 Å². The van der Waals surface area contributed by atoms with Gasteiger partial charge in [0.05, 0.1) is 0 Å². The number of para-hydroxylation sites is 1. The zero-order valence-corrected chi connectivity index (χ0v) is 16.5. The minimum atomic E-state index is -0.471. The second kappa shape index (κ2) is 7.87. The molecule has 1 saturated carbocycles. The van der Waals surface area contributed by atoms with E-state index < -0.39 is 11.7 Å². The van der Waals surface area contributed by atoms with Crippen molar-refractivity contribution >= 4 is 11.8 Å². The van der Waals surface area contributed by atoms with E-state index in [9.17, 15) is 4.79 Å². The molecule has 0 saturated heterocycles. The Morgan fingerprint density at radius 1 is 1.12 bits per heavy atom. The van der Waals surface area contributed by atoms with Crippen molar-refractivity contribution in [2.45, 2.75) is 89.9 Å². The van der Waals surface area contributed by atoms with Crippen molar-refractivity contribution in [2.24, 2.45) is 0 Å². The maximum absolute atomic E-state index is 11.8. The Bertz CT molecular complexity index is 618. The Labute approximate surface area is 157 Å². The summed E-state index contributed by atoms with van der Waals surface area (Å²) in [6.45, 7) is 7.96. The Hall–Kier alpha value is -1.75. The molecule has 1 amide bonds. The molecule has 5 heteroatoms. The lowest BCUT2D eigenvalue weighted by molar-refractivity contribution is 0.0481. The number of anilines is 1. The fraction of sp³-hybridized carbons (Fsp3) is 0.667. The van der Waals surface area contributed by atoms with Gasteiger partial charge in [0.2, 0.25) is 0 Å². The number of nitrogens with one attached hydrogen (secondary N) is 2. The van der Waals surface area contributed by atoms with Crippen molar-refractivity contribution < 1.29 is 9.53 Å². The van der Waals surface area contributed by atoms with Crippen LogP contribution in [0.1, 0.15) is 65.4 Å². The lowest BCUT2D eigenvalue weighted by atomic mass is 9.86. The van der Waals surface area contributed by atoms with Crippen LogP contribution in [0.5, 0.6) is 0 Å². The molecule has 1 aromatic carbocycles. The maximum Gasteiger partial charge on any atom is 0.422 e. The van der Waals surface area contributed by atoms with Gasteiger partial charge in [-0.1, -0.05) is 18.2 Å². The van der Waals surface area contributed by atoms with E-state index in [0.29, 0.717) is 18.1 Å². The number of benzene rings is 1. The van der Waals surface area contributed by atoms with Gasteiger partial charge >= 0.3 is 6.09 Å². The highest BCUT2D eigenvalue weighted by Crippen LogP contribution is 2.36. The second-order valence-corrected chi connectivity index (χ2v) is 8.70. The Morgan fingerprint density at radius 3 is 2.50 bits per heavy atom. The molecule has 1 fully saturated rings. The second-order valence-electron chi connectivity index (χ2n) is 8.70. The molecule has 1 heterocycles. The zero-order valence-electron chi connectivity index (χ0n) is 16.5. The van der Waals surface area contributed by atoms with Crippen LogP contribution in [0.25, 0.3) is 0 Å². The van der Waals surface area contributed by atoms with Crippen LogP contribution in [0.4, 0.5) is 10.5 Å². The van der Waals surface area contributed by atoms with Gasteiger partial charge in [0.25, 0.3) is 0 Å². The van der Waals surface area contributed by atoms with Crippen LogP contribution in [0.15, 0.2) is 24.3 Å². The van der Waals surface area contributed by atoms with E-state index >= 15 is 0 Å². The molecule has 3 rings (SSSR count). The van der Waals surface area contributed by atoms with Crippen molar-refractivity contribution in [3.05, 3.63) is 29.8 Å². The topological polar surface area (TPSA) is 53.6 Å². The fourth-order valence-electron chi connectivity index (χ4n) is 4.23. The number of fused-ring (bicyclic) bond motifs is 1. The average molecular weight is 360 g/mol. The molecular formula is C21H33N3O2. The molecule has 1 atom stereocenters. The molecule has 5 nitrogen and oxygen atoms in total. The molecule has 0 aromatic heterocycles. The number of carbonyl (C=O) groups excluding carboxylic acids is 1. The molecule has 0 spiro atoms. The summed E-state index contributed by atoms with van der Waals surface area (Å²) < 4.78 is 5.28. The Morgan fingerprint density at radius 2 is 1.81 bits per heavy atom. The van der Waals surface area contributed by atoms with Gasteiger partial charge in [0.1, 0.15) is 5.60 Å². The van der Waals surface area contributed by atoms with Gasteiger partial charge in [-0.25, -0.2) is 10.2 Å². The summed E-state index contributed by atoms with van der Waals surface area (Å²) in [4.78, 5) is 14.4. The SMILES string of the molecule is C[C@H]1CCc2ccccc2N1C1CCC(NNC(=O)OC(C)(C)C)CC1. The van der Waals surface area contributed by atoms with Gasteiger partial charge < -0.3 is 9.64 Å². The van der Waals surface area contributed by atoms with Crippen LogP contribution in [0.2, 0.25) is 0 Å². The van der Waals surface area contributed by atoms with E-state index in [1.807, 2.05) is 20.8 Å². The first kappa shape index (κ1) is 19.0. The maximum atomic E-state index is 11.8. The van der Waals surface area contributed by atoms with Crippen LogP contribution in [0, 0.1) is 0 Å². The highest BCUT2D eigenvalue weighted by atomic mass is 16.6. The number of rotatable bonds is 3. The largest absolute Gasteiger partial charge is 0.443 e. The molecule has 1 aliphatic carbocycles. The van der Waals surface area contributed by atoms with Gasteiger partial charge in [-0.2, -0.15) is 0 Å². The van der Waals surface area contributed by atoms with Crippen LogP contribution in [-0.2, 0) is 11.2 Å². The fourth-order valence-corrected chi connectivity index (χ4v) is 4.23. The van der Waals surface area contributed by atoms with Crippen molar-refractivity contribution in [3.63, 3.8) is 0 Å². The predicted octanol–water partition coefficient (Wildman–Crippen LogP) is 4.17. The Kier molecular flexibility index (Phi) is 5.76. The van der Waals surface area contributed by atoms with Crippen LogP contribution in [-0.4, -0.2) is 29.8 Å². The zero-order chi connectivity index (χ0) is 18.7. The first-order valence-electron chi connectivity index (χ1n) is 9.94. The number of ether oxygens (including phenoxy) is 1. The van der Waals surface area contributed by atoms with Gasteiger partial charge in [0, 0.05) is 23.8 Å². The summed E-state index contributed by atoms with van der Waals surface area (Å²) in [6, 6.07) is 10.4. The quantitative estimate of drug-likeness (QED) is 0.796. The first-order valence-corrected chi connectivity index (χ1v) is 9.94.